The summed E-state index contributed by atoms with van der Waals surface area (Å²) in [6.45, 7) is 2.32. The predicted molar refractivity (Wildman–Crippen MR) is 90.0 cm³/mol. The van der Waals surface area contributed by atoms with E-state index < -0.39 is 15.8 Å². The molecule has 0 aromatic heterocycles. The number of carbonyl (C=O) groups excluding carboxylic acids is 1. The van der Waals surface area contributed by atoms with Crippen LogP contribution in [0.5, 0.6) is 0 Å². The van der Waals surface area contributed by atoms with Crippen molar-refractivity contribution in [2.45, 2.75) is 24.7 Å². The number of aryl methyl sites for hydroxylation is 1. The largest absolute Gasteiger partial charge is 0.312 e. The van der Waals surface area contributed by atoms with E-state index >= 15 is 0 Å². The number of anilines is 2. The Hall–Kier alpha value is -2.41. The van der Waals surface area contributed by atoms with E-state index in [-0.39, 0.29) is 16.5 Å². The maximum Gasteiger partial charge on any atom is 0.262 e. The first-order valence-corrected chi connectivity index (χ1v) is 9.04. The highest BCUT2D eigenvalue weighted by Gasteiger charge is 2.24. The lowest BCUT2D eigenvalue weighted by Crippen LogP contribution is -2.24. The van der Waals surface area contributed by atoms with Crippen molar-refractivity contribution in [3.63, 3.8) is 0 Å². The normalized spacial score (nSPS) is 14.9. The summed E-state index contributed by atoms with van der Waals surface area (Å²) < 4.78 is 40.6. The van der Waals surface area contributed by atoms with Crippen LogP contribution in [-0.2, 0) is 14.8 Å². The van der Waals surface area contributed by atoms with Crippen LogP contribution in [0.4, 0.5) is 15.8 Å². The average molecular weight is 348 g/mol. The van der Waals surface area contributed by atoms with Crippen molar-refractivity contribution in [1.82, 2.24) is 0 Å². The third-order valence-electron chi connectivity index (χ3n) is 3.91. The van der Waals surface area contributed by atoms with Crippen LogP contribution in [-0.4, -0.2) is 20.9 Å². The molecule has 0 atom stereocenters. The topological polar surface area (TPSA) is 66.5 Å². The van der Waals surface area contributed by atoms with Crippen LogP contribution in [0.25, 0.3) is 0 Å². The Morgan fingerprint density at radius 3 is 2.58 bits per heavy atom. The monoisotopic (exact) mass is 348 g/mol. The van der Waals surface area contributed by atoms with Crippen molar-refractivity contribution in [2.75, 3.05) is 16.2 Å². The van der Waals surface area contributed by atoms with E-state index in [1.165, 1.54) is 24.3 Å². The Balaban J connectivity index is 1.89. The second-order valence-corrected chi connectivity index (χ2v) is 7.37. The highest BCUT2D eigenvalue weighted by molar-refractivity contribution is 7.92. The molecule has 0 bridgehead atoms. The molecule has 7 heteroatoms. The van der Waals surface area contributed by atoms with Crippen LogP contribution >= 0.6 is 0 Å². The number of halogens is 1. The fraction of sp³-hybridized carbons (Fsp3) is 0.235. The second kappa shape index (κ2) is 6.24. The smallest absolute Gasteiger partial charge is 0.262 e. The summed E-state index contributed by atoms with van der Waals surface area (Å²) in [6.07, 6.45) is 1.32. The lowest BCUT2D eigenvalue weighted by molar-refractivity contribution is -0.117. The van der Waals surface area contributed by atoms with E-state index in [4.69, 9.17) is 0 Å². The lowest BCUT2D eigenvalue weighted by Gasteiger charge is -2.18. The molecule has 0 aliphatic carbocycles. The zero-order valence-electron chi connectivity index (χ0n) is 13.1. The summed E-state index contributed by atoms with van der Waals surface area (Å²) in [5.74, 6) is -0.474. The Labute approximate surface area is 140 Å². The molecule has 2 aromatic carbocycles. The van der Waals surface area contributed by atoms with Crippen molar-refractivity contribution in [3.8, 4) is 0 Å². The van der Waals surface area contributed by atoms with Crippen LogP contribution < -0.4 is 9.62 Å². The Morgan fingerprint density at radius 1 is 1.17 bits per heavy atom. The molecule has 0 saturated carbocycles. The molecule has 1 fully saturated rings. The summed E-state index contributed by atoms with van der Waals surface area (Å²) in [4.78, 5) is 13.6. The highest BCUT2D eigenvalue weighted by atomic mass is 32.2. The van der Waals surface area contributed by atoms with Crippen LogP contribution in [0.1, 0.15) is 18.4 Å². The molecule has 1 N–H and O–H groups in total. The van der Waals surface area contributed by atoms with Crippen molar-refractivity contribution >= 4 is 27.3 Å². The highest BCUT2D eigenvalue weighted by Crippen LogP contribution is 2.27. The summed E-state index contributed by atoms with van der Waals surface area (Å²) in [7, 11) is -3.83. The summed E-state index contributed by atoms with van der Waals surface area (Å²) in [6, 6.07) is 10.0. The van der Waals surface area contributed by atoms with E-state index in [2.05, 4.69) is 4.72 Å². The van der Waals surface area contributed by atoms with Gasteiger partial charge >= 0.3 is 0 Å². The third kappa shape index (κ3) is 3.26. The zero-order chi connectivity index (χ0) is 17.3. The van der Waals surface area contributed by atoms with Gasteiger partial charge in [0.05, 0.1) is 10.6 Å². The summed E-state index contributed by atoms with van der Waals surface area (Å²) >= 11 is 0. The van der Waals surface area contributed by atoms with Crippen molar-refractivity contribution in [2.24, 2.45) is 0 Å². The lowest BCUT2D eigenvalue weighted by atomic mass is 10.2. The van der Waals surface area contributed by atoms with Crippen molar-refractivity contribution in [1.29, 1.82) is 0 Å². The summed E-state index contributed by atoms with van der Waals surface area (Å²) in [5.41, 5.74) is 1.38. The maximum atomic E-state index is 13.2. The number of carbonyl (C=O) groups is 1. The Kier molecular flexibility index (Phi) is 4.28. The fourth-order valence-electron chi connectivity index (χ4n) is 2.79. The van der Waals surface area contributed by atoms with Gasteiger partial charge in [0.25, 0.3) is 10.0 Å². The quantitative estimate of drug-likeness (QED) is 0.923. The van der Waals surface area contributed by atoms with Crippen LogP contribution in [0.2, 0.25) is 0 Å². The first-order valence-electron chi connectivity index (χ1n) is 7.56. The molecule has 1 aliphatic rings. The first kappa shape index (κ1) is 16.4. The number of benzene rings is 2. The molecule has 1 saturated heterocycles. The molecule has 3 rings (SSSR count). The van der Waals surface area contributed by atoms with E-state index in [0.29, 0.717) is 24.2 Å². The van der Waals surface area contributed by atoms with Gasteiger partial charge < -0.3 is 4.90 Å². The van der Waals surface area contributed by atoms with Crippen LogP contribution in [0.3, 0.4) is 0 Å². The Morgan fingerprint density at radius 2 is 1.96 bits per heavy atom. The third-order valence-corrected chi connectivity index (χ3v) is 5.45. The van der Waals surface area contributed by atoms with Crippen LogP contribution in [0, 0.1) is 12.7 Å². The number of amides is 1. The number of hydrogen-bond acceptors (Lipinski definition) is 3. The minimum absolute atomic E-state index is 0.0443. The SMILES string of the molecule is Cc1cc(N2CCCC2=O)ccc1S(=O)(=O)Nc1cccc(F)c1. The minimum atomic E-state index is -3.83. The molecule has 1 aliphatic heterocycles. The van der Waals surface area contributed by atoms with E-state index in [1.54, 1.807) is 24.0 Å². The van der Waals surface area contributed by atoms with Crippen molar-refractivity contribution in [3.05, 3.63) is 53.8 Å². The zero-order valence-corrected chi connectivity index (χ0v) is 13.9. The molecule has 1 amide bonds. The van der Waals surface area contributed by atoms with Gasteiger partial charge in [-0.2, -0.15) is 0 Å². The van der Waals surface area contributed by atoms with E-state index in [1.807, 2.05) is 0 Å². The van der Waals surface area contributed by atoms with Gasteiger partial charge in [-0.15, -0.1) is 0 Å². The predicted octanol–water partition coefficient (Wildman–Crippen LogP) is 3.06. The van der Waals surface area contributed by atoms with Gasteiger partial charge in [0.15, 0.2) is 0 Å². The molecule has 0 spiro atoms. The maximum absolute atomic E-state index is 13.2. The minimum Gasteiger partial charge on any atom is -0.312 e. The number of sulfonamides is 1. The second-order valence-electron chi connectivity index (χ2n) is 5.71. The van der Waals surface area contributed by atoms with Gasteiger partial charge in [0.2, 0.25) is 5.91 Å². The Bertz CT molecular complexity index is 896. The van der Waals surface area contributed by atoms with Crippen LogP contribution in [0.15, 0.2) is 47.4 Å². The average Bonchev–Trinajstić information content (AvgIpc) is 2.92. The summed E-state index contributed by atoms with van der Waals surface area (Å²) in [5, 5.41) is 0. The van der Waals surface area contributed by atoms with Gasteiger partial charge in [-0.3, -0.25) is 9.52 Å². The number of rotatable bonds is 4. The fourth-order valence-corrected chi connectivity index (χ4v) is 4.06. The molecular weight excluding hydrogens is 331 g/mol. The van der Waals surface area contributed by atoms with Gasteiger partial charge in [0, 0.05) is 18.7 Å². The standard InChI is InChI=1S/C17H17FN2O3S/c1-12-10-15(20-9-3-6-17(20)21)7-8-16(12)24(22,23)19-14-5-2-4-13(18)11-14/h2,4-5,7-8,10-11,19H,3,6,9H2,1H3. The number of hydrogen-bond donors (Lipinski definition) is 1. The van der Waals surface area contributed by atoms with Gasteiger partial charge in [-0.1, -0.05) is 6.07 Å². The van der Waals surface area contributed by atoms with Gasteiger partial charge in [0.1, 0.15) is 5.82 Å². The molecule has 0 unspecified atom stereocenters. The van der Waals surface area contributed by atoms with Gasteiger partial charge in [-0.25, -0.2) is 12.8 Å². The van der Waals surface area contributed by atoms with Crippen molar-refractivity contribution < 1.29 is 17.6 Å². The van der Waals surface area contributed by atoms with E-state index in [0.717, 1.165) is 12.5 Å². The molecule has 0 radical (unpaired) electrons. The molecule has 2 aromatic rings. The molecule has 5 nitrogen and oxygen atoms in total. The molecule has 24 heavy (non-hydrogen) atoms. The first-order chi connectivity index (χ1) is 11.4. The molecule has 1 heterocycles. The van der Waals surface area contributed by atoms with E-state index in [9.17, 15) is 17.6 Å². The molecule has 126 valence electrons. The number of nitrogens with one attached hydrogen (secondary N) is 1. The molecular formula is C17H17FN2O3S. The number of nitrogens with zero attached hydrogens (tertiary/aromatic N) is 1. The van der Waals surface area contributed by atoms with Gasteiger partial charge in [-0.05, 0) is 55.3 Å².